The van der Waals surface area contributed by atoms with Gasteiger partial charge in [-0.25, -0.2) is 4.20 Å². The first kappa shape index (κ1) is 15.8. The van der Waals surface area contributed by atoms with Gasteiger partial charge in [0.05, 0.1) is 0 Å². The van der Waals surface area contributed by atoms with Gasteiger partial charge in [0.25, 0.3) is 0 Å². The van der Waals surface area contributed by atoms with Gasteiger partial charge in [-0.05, 0) is 0 Å². The van der Waals surface area contributed by atoms with Crippen molar-refractivity contribution in [2.75, 3.05) is 0 Å². The van der Waals surface area contributed by atoms with E-state index in [4.69, 9.17) is 14.4 Å². The van der Waals surface area contributed by atoms with Gasteiger partial charge in [-0.2, -0.15) is 0 Å². The van der Waals surface area contributed by atoms with Crippen LogP contribution in [0.5, 0.6) is 0 Å². The zero-order valence-electron chi connectivity index (χ0n) is 2.96. The van der Waals surface area contributed by atoms with Crippen LogP contribution in [0.4, 0.5) is 4.20 Å². The number of rotatable bonds is 0. The van der Waals surface area contributed by atoms with Crippen molar-refractivity contribution in [3.8, 4) is 0 Å². The van der Waals surface area contributed by atoms with Crippen molar-refractivity contribution in [3.05, 3.63) is 0 Å². The van der Waals surface area contributed by atoms with E-state index in [1.165, 1.54) is 0 Å². The molecule has 7 heteroatoms. The minimum Gasteiger partial charge on any atom is -0.786 e. The van der Waals surface area contributed by atoms with Crippen LogP contribution in [-0.4, -0.2) is 23.9 Å². The van der Waals surface area contributed by atoms with Crippen molar-refractivity contribution in [1.82, 2.24) is 0 Å². The molecule has 0 N–H and O–H groups in total. The Bertz CT molecular complexity index is 61.1. The average Bonchev–Trinajstić information content (AvgIpc) is 0.722. The maximum Gasteiger partial charge on any atom is 2.00 e. The second kappa shape index (κ2) is 5.70. The quantitative estimate of drug-likeness (QED) is 0.364. The molecule has 0 amide bonds. The van der Waals surface area contributed by atoms with Crippen molar-refractivity contribution in [2.24, 2.45) is 0 Å². The second-order valence-corrected chi connectivity index (χ2v) is 1.29. The van der Waals surface area contributed by atoms with Gasteiger partial charge in [0, 0.05) is 21.1 Å². The van der Waals surface area contributed by atoms with E-state index < -0.39 is 7.91 Å². The van der Waals surface area contributed by atoms with E-state index in [1.807, 2.05) is 0 Å². The zero-order valence-corrected chi connectivity index (χ0v) is 9.64. The molecular formula is FO3PSnW. The Hall–Kier alpha value is 1.57. The third-order valence-electron chi connectivity index (χ3n) is 0. The van der Waals surface area contributed by atoms with Gasteiger partial charge in [-0.1, -0.05) is 0 Å². The molecule has 0 aliphatic carbocycles. The van der Waals surface area contributed by atoms with E-state index in [-0.39, 0.29) is 45.0 Å². The van der Waals surface area contributed by atoms with Crippen LogP contribution in [0.15, 0.2) is 0 Å². The van der Waals surface area contributed by atoms with Crippen molar-refractivity contribution in [2.45, 2.75) is 0 Å². The fourth-order valence-corrected chi connectivity index (χ4v) is 0. The molecule has 0 aliphatic rings. The van der Waals surface area contributed by atoms with Crippen LogP contribution < -0.4 is 9.79 Å². The summed E-state index contributed by atoms with van der Waals surface area (Å²) in [6.45, 7) is 0. The monoisotopic (exact) mass is 402 g/mol. The van der Waals surface area contributed by atoms with Crippen LogP contribution in [0.3, 0.4) is 0 Å². The Balaban J connectivity index is -0.0000000800. The molecule has 0 aromatic carbocycles. The van der Waals surface area contributed by atoms with E-state index in [0.29, 0.717) is 0 Å². The fourth-order valence-electron chi connectivity index (χ4n) is 0. The molecule has 0 unspecified atom stereocenters. The van der Waals surface area contributed by atoms with Crippen LogP contribution in [0.2, 0.25) is 0 Å². The van der Waals surface area contributed by atoms with E-state index in [0.717, 1.165) is 0 Å². The molecule has 0 atom stereocenters. The average molecular weight is 401 g/mol. The molecule has 0 bridgehead atoms. The maximum absolute atomic E-state index is 10.1. The largest absolute Gasteiger partial charge is 2.00 e. The number of hydrogen-bond acceptors (Lipinski definition) is 3. The Morgan fingerprint density at radius 1 is 1.43 bits per heavy atom. The zero-order chi connectivity index (χ0) is 4.50. The molecule has 0 aromatic heterocycles. The standard InChI is InChI=1S/FH2O3P.Sn.W/c1-5(2,3)4;;/h(H2,2,3,4);;/q;+2;/p-2. The fraction of sp³-hybridized carbons (Fsp3) is 0. The summed E-state index contributed by atoms with van der Waals surface area (Å²) in [6, 6.07) is 0. The molecule has 0 rings (SSSR count). The van der Waals surface area contributed by atoms with Gasteiger partial charge in [-0.3, -0.25) is 0 Å². The molecule has 0 aliphatic heterocycles. The van der Waals surface area contributed by atoms with Gasteiger partial charge < -0.3 is 14.4 Å². The summed E-state index contributed by atoms with van der Waals surface area (Å²) in [5, 5.41) is 0. The van der Waals surface area contributed by atoms with Crippen LogP contribution in [-0.2, 0) is 25.6 Å². The summed E-state index contributed by atoms with van der Waals surface area (Å²) in [7, 11) is -5.64. The summed E-state index contributed by atoms with van der Waals surface area (Å²) >= 11 is 0. The molecule has 0 heterocycles. The predicted octanol–water partition coefficient (Wildman–Crippen LogP) is -1.60. The molecule has 7 heavy (non-hydrogen) atoms. The van der Waals surface area contributed by atoms with Crippen molar-refractivity contribution in [3.63, 3.8) is 0 Å². The molecule has 0 spiro atoms. The normalized spacial score (nSPS) is 8.43. The molecule has 0 aromatic rings. The Labute approximate surface area is 71.2 Å². The third-order valence-corrected chi connectivity index (χ3v) is 0. The van der Waals surface area contributed by atoms with Gasteiger partial charge in [-0.15, -0.1) is 0 Å². The Kier molecular flexibility index (Phi) is 12.9. The summed E-state index contributed by atoms with van der Waals surface area (Å²) < 4.78 is 18.6. The summed E-state index contributed by atoms with van der Waals surface area (Å²) in [4.78, 5) is 16.9. The summed E-state index contributed by atoms with van der Waals surface area (Å²) in [5.74, 6) is 0. The minimum absolute atomic E-state index is 0. The summed E-state index contributed by atoms with van der Waals surface area (Å²) in [6.07, 6.45) is 0. The van der Waals surface area contributed by atoms with Crippen LogP contribution in [0.25, 0.3) is 0 Å². The smallest absolute Gasteiger partial charge is 0.786 e. The van der Waals surface area contributed by atoms with Crippen molar-refractivity contribution >= 4 is 31.8 Å². The Morgan fingerprint density at radius 2 is 1.43 bits per heavy atom. The molecule has 40 valence electrons. The van der Waals surface area contributed by atoms with E-state index in [9.17, 15) is 4.20 Å². The van der Waals surface area contributed by atoms with Gasteiger partial charge in [0.2, 0.25) is 0 Å². The topological polar surface area (TPSA) is 63.2 Å². The SMILES string of the molecule is O=P([O-])([O-])F.[Sn+2].[W]. The molecule has 2 radical (unpaired) electrons. The second-order valence-electron chi connectivity index (χ2n) is 0.431. The van der Waals surface area contributed by atoms with Crippen molar-refractivity contribution < 1.29 is 39.6 Å². The predicted molar refractivity (Wildman–Crippen MR) is 14.5 cm³/mol. The number of halogens is 1. The molecular weight excluding hydrogens is 401 g/mol. The van der Waals surface area contributed by atoms with E-state index in [2.05, 4.69) is 0 Å². The molecule has 3 nitrogen and oxygen atoms in total. The van der Waals surface area contributed by atoms with Crippen LogP contribution in [0, 0.1) is 0 Å². The molecule has 0 saturated carbocycles. The number of hydrogen-bond donors (Lipinski definition) is 0. The van der Waals surface area contributed by atoms with Gasteiger partial charge in [0.1, 0.15) is 7.91 Å². The first-order chi connectivity index (χ1) is 2.00. The first-order valence-electron chi connectivity index (χ1n) is 0.717. The van der Waals surface area contributed by atoms with Gasteiger partial charge >= 0.3 is 23.9 Å². The maximum atomic E-state index is 10.1. The third kappa shape index (κ3) is 95.5. The first-order valence-corrected chi connectivity index (χ1v) is 2.15. The van der Waals surface area contributed by atoms with Crippen molar-refractivity contribution in [1.29, 1.82) is 0 Å². The van der Waals surface area contributed by atoms with E-state index >= 15 is 0 Å². The van der Waals surface area contributed by atoms with Gasteiger partial charge in [0.15, 0.2) is 0 Å². The molecule has 0 fully saturated rings. The molecule has 0 saturated heterocycles. The minimum atomic E-state index is -5.64. The summed E-state index contributed by atoms with van der Waals surface area (Å²) in [5.41, 5.74) is 0. The van der Waals surface area contributed by atoms with Crippen LogP contribution >= 0.6 is 7.91 Å². The Morgan fingerprint density at radius 3 is 1.43 bits per heavy atom. The van der Waals surface area contributed by atoms with Crippen LogP contribution in [0.1, 0.15) is 0 Å². The van der Waals surface area contributed by atoms with E-state index in [1.54, 1.807) is 0 Å².